The summed E-state index contributed by atoms with van der Waals surface area (Å²) >= 11 is 0. The van der Waals surface area contributed by atoms with Crippen LogP contribution in [0.3, 0.4) is 0 Å². The predicted molar refractivity (Wildman–Crippen MR) is 38.4 cm³/mol. The van der Waals surface area contributed by atoms with Crippen LogP contribution in [0.2, 0.25) is 0 Å². The number of nitrogen functional groups attached to an aromatic ring is 1. The van der Waals surface area contributed by atoms with Gasteiger partial charge in [0.2, 0.25) is 0 Å². The topological polar surface area (TPSA) is 80.9 Å². The van der Waals surface area contributed by atoms with E-state index in [1.807, 2.05) is 5.43 Å². The average Bonchev–Trinajstić information content (AvgIpc) is 2.05. The molecule has 0 aromatic carbocycles. The summed E-state index contributed by atoms with van der Waals surface area (Å²) in [7, 11) is 0. The van der Waals surface area contributed by atoms with E-state index in [1.165, 1.54) is 0 Å². The molecule has 0 radical (unpaired) electrons. The molecule has 0 unspecified atom stereocenters. The number of rotatable bonds is 1. The summed E-state index contributed by atoms with van der Waals surface area (Å²) in [6.07, 6.45) is 0. The van der Waals surface area contributed by atoms with Crippen molar-refractivity contribution in [3.05, 3.63) is 23.5 Å². The molecule has 5 heteroatoms. The number of aromatic nitrogens is 2. The van der Waals surface area contributed by atoms with Gasteiger partial charge in [-0.2, -0.15) is 5.10 Å². The van der Waals surface area contributed by atoms with Crippen LogP contribution in [-0.4, -0.2) is 16.1 Å². The van der Waals surface area contributed by atoms with Crippen LogP contribution in [0.15, 0.2) is 12.1 Å². The zero-order valence-corrected chi connectivity index (χ0v) is 6.03. The lowest BCUT2D eigenvalue weighted by Crippen LogP contribution is -2.30. The predicted octanol–water partition coefficient (Wildman–Crippen LogP) is -0.611. The van der Waals surface area contributed by atoms with Crippen molar-refractivity contribution in [1.82, 2.24) is 15.6 Å². The van der Waals surface area contributed by atoms with Gasteiger partial charge in [0, 0.05) is 0 Å². The fourth-order valence-electron chi connectivity index (χ4n) is 0.594. The number of aryl methyl sites for hydroxylation is 1. The minimum absolute atomic E-state index is 0.220. The molecule has 1 aromatic rings. The third kappa shape index (κ3) is 1.71. The van der Waals surface area contributed by atoms with Gasteiger partial charge >= 0.3 is 0 Å². The third-order valence-electron chi connectivity index (χ3n) is 1.16. The molecule has 1 heterocycles. The molecule has 0 aliphatic carbocycles. The second-order valence-corrected chi connectivity index (χ2v) is 2.03. The molecule has 0 spiro atoms. The van der Waals surface area contributed by atoms with Crippen LogP contribution in [0.5, 0.6) is 0 Å². The number of amides is 1. The minimum atomic E-state index is -0.433. The Morgan fingerprint density at radius 1 is 1.55 bits per heavy atom. The fourth-order valence-corrected chi connectivity index (χ4v) is 0.594. The highest BCUT2D eigenvalue weighted by molar-refractivity contribution is 5.91. The van der Waals surface area contributed by atoms with E-state index in [0.29, 0.717) is 0 Å². The number of nitrogens with two attached hydrogens (primary N) is 1. The second-order valence-electron chi connectivity index (χ2n) is 2.03. The van der Waals surface area contributed by atoms with Gasteiger partial charge in [0.25, 0.3) is 5.91 Å². The lowest BCUT2D eigenvalue weighted by Gasteiger charge is -1.96. The molecule has 5 nitrogen and oxygen atoms in total. The number of hydrogen-bond acceptors (Lipinski definition) is 4. The van der Waals surface area contributed by atoms with Crippen LogP contribution in [0.4, 0.5) is 0 Å². The van der Waals surface area contributed by atoms with Gasteiger partial charge in [0.05, 0.1) is 5.69 Å². The molecule has 1 rings (SSSR count). The highest BCUT2D eigenvalue weighted by Crippen LogP contribution is 1.93. The molecule has 0 fully saturated rings. The molecule has 0 aliphatic heterocycles. The Balaban J connectivity index is 2.90. The molecule has 0 saturated heterocycles. The van der Waals surface area contributed by atoms with Gasteiger partial charge in [-0.15, -0.1) is 5.10 Å². The molecular weight excluding hydrogens is 144 g/mol. The Morgan fingerprint density at radius 2 is 2.27 bits per heavy atom. The molecule has 0 atom stereocenters. The maximum absolute atomic E-state index is 10.8. The van der Waals surface area contributed by atoms with E-state index in [2.05, 4.69) is 10.2 Å². The van der Waals surface area contributed by atoms with Crippen molar-refractivity contribution >= 4 is 5.91 Å². The lowest BCUT2D eigenvalue weighted by molar-refractivity contribution is 0.0947. The van der Waals surface area contributed by atoms with E-state index < -0.39 is 5.91 Å². The number of carbonyl (C=O) groups excluding carboxylic acids is 1. The van der Waals surface area contributed by atoms with Gasteiger partial charge < -0.3 is 0 Å². The van der Waals surface area contributed by atoms with Crippen LogP contribution >= 0.6 is 0 Å². The molecule has 3 N–H and O–H groups in total. The van der Waals surface area contributed by atoms with Crippen molar-refractivity contribution in [3.8, 4) is 0 Å². The first kappa shape index (κ1) is 7.62. The summed E-state index contributed by atoms with van der Waals surface area (Å²) in [5.74, 6) is 4.44. The van der Waals surface area contributed by atoms with Gasteiger partial charge in [-0.05, 0) is 19.1 Å². The summed E-state index contributed by atoms with van der Waals surface area (Å²) in [6.45, 7) is 1.79. The van der Waals surface area contributed by atoms with E-state index in [4.69, 9.17) is 5.84 Å². The first-order valence-corrected chi connectivity index (χ1v) is 3.05. The standard InChI is InChI=1S/C6H8N4O/c1-4-2-3-5(10-9-4)6(11)8-7/h2-3H,7H2,1H3,(H,8,11). The van der Waals surface area contributed by atoms with Crippen LogP contribution < -0.4 is 11.3 Å². The minimum Gasteiger partial charge on any atom is -0.289 e. The maximum Gasteiger partial charge on any atom is 0.285 e. The van der Waals surface area contributed by atoms with Gasteiger partial charge in [-0.3, -0.25) is 10.2 Å². The monoisotopic (exact) mass is 152 g/mol. The molecule has 1 amide bonds. The van der Waals surface area contributed by atoms with E-state index in [9.17, 15) is 4.79 Å². The summed E-state index contributed by atoms with van der Waals surface area (Å²) in [5.41, 5.74) is 2.94. The van der Waals surface area contributed by atoms with E-state index in [0.717, 1.165) is 5.69 Å². The third-order valence-corrected chi connectivity index (χ3v) is 1.16. The zero-order valence-electron chi connectivity index (χ0n) is 6.03. The van der Waals surface area contributed by atoms with Crippen molar-refractivity contribution in [2.75, 3.05) is 0 Å². The zero-order chi connectivity index (χ0) is 8.27. The summed E-state index contributed by atoms with van der Waals surface area (Å²) < 4.78 is 0. The Morgan fingerprint density at radius 3 is 2.73 bits per heavy atom. The maximum atomic E-state index is 10.8. The van der Waals surface area contributed by atoms with Crippen LogP contribution in [0.25, 0.3) is 0 Å². The molecular formula is C6H8N4O. The quantitative estimate of drug-likeness (QED) is 0.319. The van der Waals surface area contributed by atoms with E-state index in [-0.39, 0.29) is 5.69 Å². The summed E-state index contributed by atoms with van der Waals surface area (Å²) in [5, 5.41) is 7.29. The summed E-state index contributed by atoms with van der Waals surface area (Å²) in [4.78, 5) is 10.8. The molecule has 0 saturated carbocycles. The van der Waals surface area contributed by atoms with Crippen molar-refractivity contribution in [2.24, 2.45) is 5.84 Å². The van der Waals surface area contributed by atoms with Crippen molar-refractivity contribution < 1.29 is 4.79 Å². The smallest absolute Gasteiger partial charge is 0.285 e. The van der Waals surface area contributed by atoms with Gasteiger partial charge in [-0.25, -0.2) is 5.84 Å². The second kappa shape index (κ2) is 3.07. The Kier molecular flexibility index (Phi) is 2.12. The molecule has 11 heavy (non-hydrogen) atoms. The van der Waals surface area contributed by atoms with Gasteiger partial charge in [0.15, 0.2) is 5.69 Å². The van der Waals surface area contributed by atoms with Gasteiger partial charge in [0.1, 0.15) is 0 Å². The van der Waals surface area contributed by atoms with Crippen molar-refractivity contribution in [3.63, 3.8) is 0 Å². The van der Waals surface area contributed by atoms with Crippen LogP contribution in [0, 0.1) is 6.92 Å². The Hall–Kier alpha value is -1.49. The first-order chi connectivity index (χ1) is 5.24. The highest BCUT2D eigenvalue weighted by Gasteiger charge is 2.03. The van der Waals surface area contributed by atoms with Crippen molar-refractivity contribution in [2.45, 2.75) is 6.92 Å². The molecule has 58 valence electrons. The Labute approximate surface area is 63.6 Å². The number of hydrazine groups is 1. The highest BCUT2D eigenvalue weighted by atomic mass is 16.2. The molecule has 1 aromatic heterocycles. The van der Waals surface area contributed by atoms with E-state index in [1.54, 1.807) is 19.1 Å². The van der Waals surface area contributed by atoms with E-state index >= 15 is 0 Å². The summed E-state index contributed by atoms with van der Waals surface area (Å²) in [6, 6.07) is 3.25. The molecule has 0 aliphatic rings. The lowest BCUT2D eigenvalue weighted by atomic mass is 10.3. The van der Waals surface area contributed by atoms with Crippen LogP contribution in [-0.2, 0) is 0 Å². The van der Waals surface area contributed by atoms with Crippen molar-refractivity contribution in [1.29, 1.82) is 0 Å². The number of hydrogen-bond donors (Lipinski definition) is 2. The SMILES string of the molecule is Cc1ccc(C(=O)NN)nn1. The average molecular weight is 152 g/mol. The largest absolute Gasteiger partial charge is 0.289 e. The first-order valence-electron chi connectivity index (χ1n) is 3.05. The van der Waals surface area contributed by atoms with Gasteiger partial charge in [-0.1, -0.05) is 0 Å². The Bertz CT molecular complexity index is 256. The normalized spacial score (nSPS) is 9.27. The number of carbonyl (C=O) groups is 1. The molecule has 0 bridgehead atoms. The fraction of sp³-hybridized carbons (Fsp3) is 0.167. The number of nitrogens with zero attached hydrogens (tertiary/aromatic N) is 2. The number of nitrogens with one attached hydrogen (secondary N) is 1. The van der Waals surface area contributed by atoms with Crippen LogP contribution in [0.1, 0.15) is 16.2 Å².